The van der Waals surface area contributed by atoms with E-state index in [4.69, 9.17) is 10.5 Å². The molecule has 0 saturated carbocycles. The molecule has 2 N–H and O–H groups in total. The summed E-state index contributed by atoms with van der Waals surface area (Å²) in [5.74, 6) is 0.329. The summed E-state index contributed by atoms with van der Waals surface area (Å²) in [6.07, 6.45) is 1.02. The number of hydrogen-bond acceptors (Lipinski definition) is 3. The molecule has 5 heteroatoms. The molecule has 1 heterocycles. The molecule has 102 valence electrons. The van der Waals surface area contributed by atoms with Gasteiger partial charge in [0.05, 0.1) is 5.56 Å². The third kappa shape index (κ3) is 3.24. The summed E-state index contributed by atoms with van der Waals surface area (Å²) < 4.78 is 5.28. The molecule has 1 aromatic carbocycles. The van der Waals surface area contributed by atoms with Crippen molar-refractivity contribution in [2.45, 2.75) is 13.3 Å². The first kappa shape index (κ1) is 13.4. The number of carbonyl (C=O) groups is 2. The quantitative estimate of drug-likeness (QED) is 0.881. The van der Waals surface area contributed by atoms with E-state index in [9.17, 15) is 9.59 Å². The number of likely N-dealkylation sites (tertiary alicyclic amines) is 1. The van der Waals surface area contributed by atoms with Crippen LogP contribution in [0.5, 0.6) is 5.75 Å². The van der Waals surface area contributed by atoms with Crippen LogP contribution in [0.3, 0.4) is 0 Å². The van der Waals surface area contributed by atoms with Gasteiger partial charge in [0, 0.05) is 13.1 Å². The van der Waals surface area contributed by atoms with Crippen LogP contribution in [0.15, 0.2) is 24.3 Å². The Morgan fingerprint density at radius 3 is 2.79 bits per heavy atom. The molecule has 2 rings (SSSR count). The van der Waals surface area contributed by atoms with Crippen LogP contribution in [0.2, 0.25) is 0 Å². The maximum Gasteiger partial charge on any atom is 0.257 e. The largest absolute Gasteiger partial charge is 0.483 e. The molecule has 5 nitrogen and oxygen atoms in total. The molecule has 1 aliphatic rings. The summed E-state index contributed by atoms with van der Waals surface area (Å²) in [4.78, 5) is 25.0. The lowest BCUT2D eigenvalue weighted by Crippen LogP contribution is -2.29. The van der Waals surface area contributed by atoms with E-state index in [1.54, 1.807) is 24.3 Å². The Morgan fingerprint density at radius 2 is 2.16 bits per heavy atom. The van der Waals surface area contributed by atoms with Gasteiger partial charge in [-0.3, -0.25) is 9.59 Å². The number of amides is 2. The van der Waals surface area contributed by atoms with Gasteiger partial charge in [0.25, 0.3) is 11.8 Å². The van der Waals surface area contributed by atoms with Gasteiger partial charge in [-0.1, -0.05) is 19.1 Å². The van der Waals surface area contributed by atoms with Gasteiger partial charge in [-0.2, -0.15) is 0 Å². The smallest absolute Gasteiger partial charge is 0.257 e. The topological polar surface area (TPSA) is 72.6 Å². The second kappa shape index (κ2) is 5.73. The zero-order valence-corrected chi connectivity index (χ0v) is 11.0. The van der Waals surface area contributed by atoms with Crippen molar-refractivity contribution in [3.05, 3.63) is 29.8 Å². The van der Waals surface area contributed by atoms with E-state index in [1.165, 1.54) is 0 Å². The fourth-order valence-corrected chi connectivity index (χ4v) is 2.21. The number of carbonyl (C=O) groups excluding carboxylic acids is 2. The molecular formula is C14H18N2O3. The predicted octanol–water partition coefficient (Wildman–Crippen LogP) is 1.03. The average Bonchev–Trinajstić information content (AvgIpc) is 2.82. The van der Waals surface area contributed by atoms with Gasteiger partial charge in [-0.25, -0.2) is 0 Å². The van der Waals surface area contributed by atoms with E-state index in [0.717, 1.165) is 19.5 Å². The summed E-state index contributed by atoms with van der Waals surface area (Å²) >= 11 is 0. The van der Waals surface area contributed by atoms with Gasteiger partial charge in [0.2, 0.25) is 0 Å². The maximum atomic E-state index is 12.4. The van der Waals surface area contributed by atoms with Crippen LogP contribution >= 0.6 is 0 Å². The van der Waals surface area contributed by atoms with Crippen molar-refractivity contribution >= 4 is 11.8 Å². The average molecular weight is 262 g/mol. The van der Waals surface area contributed by atoms with Gasteiger partial charge in [-0.15, -0.1) is 0 Å². The minimum atomic E-state index is -0.558. The third-order valence-corrected chi connectivity index (χ3v) is 3.20. The van der Waals surface area contributed by atoms with Crippen LogP contribution in [0.1, 0.15) is 23.7 Å². The highest BCUT2D eigenvalue weighted by atomic mass is 16.5. The Hall–Kier alpha value is -2.04. The van der Waals surface area contributed by atoms with Crippen molar-refractivity contribution in [3.8, 4) is 5.75 Å². The van der Waals surface area contributed by atoms with E-state index >= 15 is 0 Å². The van der Waals surface area contributed by atoms with Crippen molar-refractivity contribution in [1.82, 2.24) is 4.90 Å². The van der Waals surface area contributed by atoms with Crippen molar-refractivity contribution in [3.63, 3.8) is 0 Å². The second-order valence-corrected chi connectivity index (χ2v) is 4.90. The van der Waals surface area contributed by atoms with Gasteiger partial charge < -0.3 is 15.4 Å². The normalized spacial score (nSPS) is 18.4. The van der Waals surface area contributed by atoms with Crippen LogP contribution in [0.25, 0.3) is 0 Å². The van der Waals surface area contributed by atoms with E-state index in [-0.39, 0.29) is 12.5 Å². The lowest BCUT2D eigenvalue weighted by molar-refractivity contribution is -0.119. The monoisotopic (exact) mass is 262 g/mol. The Morgan fingerprint density at radius 1 is 1.42 bits per heavy atom. The number of ether oxygens (including phenoxy) is 1. The summed E-state index contributed by atoms with van der Waals surface area (Å²) in [6, 6.07) is 6.93. The van der Waals surface area contributed by atoms with Gasteiger partial charge in [0.15, 0.2) is 6.61 Å². The van der Waals surface area contributed by atoms with Crippen molar-refractivity contribution in [2.24, 2.45) is 11.7 Å². The van der Waals surface area contributed by atoms with Crippen LogP contribution in [0, 0.1) is 5.92 Å². The molecule has 2 amide bonds. The Labute approximate surface area is 112 Å². The number of benzene rings is 1. The van der Waals surface area contributed by atoms with Crippen molar-refractivity contribution in [1.29, 1.82) is 0 Å². The van der Waals surface area contributed by atoms with Crippen molar-refractivity contribution in [2.75, 3.05) is 19.7 Å². The van der Waals surface area contributed by atoms with E-state index in [2.05, 4.69) is 6.92 Å². The van der Waals surface area contributed by atoms with Crippen LogP contribution in [-0.4, -0.2) is 36.4 Å². The highest BCUT2D eigenvalue weighted by Crippen LogP contribution is 2.23. The lowest BCUT2D eigenvalue weighted by Gasteiger charge is -2.18. The van der Waals surface area contributed by atoms with E-state index < -0.39 is 5.91 Å². The summed E-state index contributed by atoms with van der Waals surface area (Å²) in [5.41, 5.74) is 5.53. The summed E-state index contributed by atoms with van der Waals surface area (Å²) in [7, 11) is 0. The maximum absolute atomic E-state index is 12.4. The fraction of sp³-hybridized carbons (Fsp3) is 0.429. The first-order valence-corrected chi connectivity index (χ1v) is 6.37. The van der Waals surface area contributed by atoms with Gasteiger partial charge in [0.1, 0.15) is 5.75 Å². The Bertz CT molecular complexity index is 487. The molecule has 1 unspecified atom stereocenters. The minimum Gasteiger partial charge on any atom is -0.483 e. The van der Waals surface area contributed by atoms with Crippen molar-refractivity contribution < 1.29 is 14.3 Å². The highest BCUT2D eigenvalue weighted by Gasteiger charge is 2.26. The number of nitrogens with zero attached hydrogens (tertiary/aromatic N) is 1. The molecule has 19 heavy (non-hydrogen) atoms. The Balaban J connectivity index is 2.14. The zero-order chi connectivity index (χ0) is 13.8. The zero-order valence-electron chi connectivity index (χ0n) is 11.0. The SMILES string of the molecule is CC1CCN(C(=O)c2ccccc2OCC(N)=O)C1. The molecular weight excluding hydrogens is 244 g/mol. The number of rotatable bonds is 4. The molecule has 1 aromatic rings. The molecule has 1 atom stereocenters. The third-order valence-electron chi connectivity index (χ3n) is 3.20. The number of para-hydroxylation sites is 1. The standard InChI is InChI=1S/C14H18N2O3/c1-10-6-7-16(8-10)14(18)11-4-2-3-5-12(11)19-9-13(15)17/h2-5,10H,6-9H2,1H3,(H2,15,17). The second-order valence-electron chi connectivity index (χ2n) is 4.90. The lowest BCUT2D eigenvalue weighted by atomic mass is 10.1. The first-order valence-electron chi connectivity index (χ1n) is 6.37. The molecule has 0 radical (unpaired) electrons. The molecule has 0 aliphatic carbocycles. The van der Waals surface area contributed by atoms with Gasteiger partial charge >= 0.3 is 0 Å². The first-order chi connectivity index (χ1) is 9.08. The Kier molecular flexibility index (Phi) is 4.04. The van der Waals surface area contributed by atoms with E-state index in [1.807, 2.05) is 4.90 Å². The molecule has 1 fully saturated rings. The van der Waals surface area contributed by atoms with Crippen LogP contribution in [-0.2, 0) is 4.79 Å². The minimum absolute atomic E-state index is 0.0515. The summed E-state index contributed by atoms with van der Waals surface area (Å²) in [6.45, 7) is 3.44. The van der Waals surface area contributed by atoms with Crippen LogP contribution < -0.4 is 10.5 Å². The molecule has 1 aliphatic heterocycles. The summed E-state index contributed by atoms with van der Waals surface area (Å²) in [5, 5.41) is 0. The number of primary amides is 1. The molecule has 1 saturated heterocycles. The van der Waals surface area contributed by atoms with E-state index in [0.29, 0.717) is 17.2 Å². The highest BCUT2D eigenvalue weighted by molar-refractivity contribution is 5.97. The molecule has 0 aromatic heterocycles. The molecule has 0 bridgehead atoms. The fourth-order valence-electron chi connectivity index (χ4n) is 2.21. The number of nitrogens with two attached hydrogens (primary N) is 1. The van der Waals surface area contributed by atoms with Gasteiger partial charge in [-0.05, 0) is 24.5 Å². The predicted molar refractivity (Wildman–Crippen MR) is 70.8 cm³/mol. The van der Waals surface area contributed by atoms with Crippen LogP contribution in [0.4, 0.5) is 0 Å². The molecule has 0 spiro atoms. The number of hydrogen-bond donors (Lipinski definition) is 1.